The number of aromatic nitrogens is 3. The van der Waals surface area contributed by atoms with Gasteiger partial charge in [0, 0.05) is 25.4 Å². The van der Waals surface area contributed by atoms with Crippen LogP contribution < -0.4 is 10.6 Å². The lowest BCUT2D eigenvalue weighted by molar-refractivity contribution is -0.123. The third-order valence-corrected chi connectivity index (χ3v) is 5.60. The maximum atomic E-state index is 13.8. The van der Waals surface area contributed by atoms with Gasteiger partial charge in [-0.1, -0.05) is 26.0 Å². The lowest BCUT2D eigenvalue weighted by Gasteiger charge is -2.41. The van der Waals surface area contributed by atoms with Crippen LogP contribution in [0.15, 0.2) is 24.3 Å². The number of amides is 3. The number of hydrogen-bond acceptors (Lipinski definition) is 4. The maximum absolute atomic E-state index is 13.8. The van der Waals surface area contributed by atoms with Crippen molar-refractivity contribution in [2.75, 3.05) is 18.4 Å². The molecule has 29 heavy (non-hydrogen) atoms. The summed E-state index contributed by atoms with van der Waals surface area (Å²) >= 11 is 0. The van der Waals surface area contributed by atoms with Crippen molar-refractivity contribution in [1.29, 1.82) is 0 Å². The minimum absolute atomic E-state index is 0.0896. The highest BCUT2D eigenvalue weighted by Crippen LogP contribution is 2.29. The molecule has 2 aromatic rings. The van der Waals surface area contributed by atoms with E-state index in [2.05, 4.69) is 20.7 Å². The van der Waals surface area contributed by atoms with Crippen LogP contribution in [0.5, 0.6) is 0 Å². The highest BCUT2D eigenvalue weighted by molar-refractivity contribution is 5.89. The first kappa shape index (κ1) is 19.4. The number of halogens is 1. The molecule has 0 atom stereocenters. The molecule has 154 valence electrons. The third kappa shape index (κ3) is 3.94. The summed E-state index contributed by atoms with van der Waals surface area (Å²) in [7, 11) is 0. The molecule has 1 aromatic carbocycles. The van der Waals surface area contributed by atoms with Crippen LogP contribution in [0.2, 0.25) is 0 Å². The number of carbonyl (C=O) groups excluding carboxylic acids is 2. The Morgan fingerprint density at radius 2 is 2.00 bits per heavy atom. The van der Waals surface area contributed by atoms with Crippen LogP contribution >= 0.6 is 0 Å². The highest BCUT2D eigenvalue weighted by atomic mass is 19.1. The Labute approximate surface area is 168 Å². The van der Waals surface area contributed by atoms with Gasteiger partial charge in [-0.25, -0.2) is 18.9 Å². The number of urea groups is 1. The number of benzene rings is 1. The van der Waals surface area contributed by atoms with Gasteiger partial charge in [0.2, 0.25) is 5.91 Å². The van der Waals surface area contributed by atoms with E-state index in [4.69, 9.17) is 0 Å². The molecule has 1 saturated heterocycles. The molecule has 1 spiro atoms. The third-order valence-electron chi connectivity index (χ3n) is 5.60. The van der Waals surface area contributed by atoms with E-state index in [1.54, 1.807) is 21.7 Å². The number of rotatable bonds is 2. The standard InChI is InChI=1S/C20H25FN6O2/c1-13(2)18-23-16-11-20(24-17(28)12-27(16)25-18)7-9-26(10-8-20)19(29)22-15-6-4-3-5-14(15)21/h3-6,13H,7-12H2,1-2H3,(H,22,29)(H,24,28). The van der Waals surface area contributed by atoms with Gasteiger partial charge in [-0.3, -0.25) is 4.79 Å². The number of fused-ring (bicyclic) bond motifs is 1. The average molecular weight is 400 g/mol. The molecule has 0 bridgehead atoms. The second kappa shape index (κ2) is 7.46. The van der Waals surface area contributed by atoms with E-state index < -0.39 is 11.4 Å². The van der Waals surface area contributed by atoms with E-state index in [1.807, 2.05) is 13.8 Å². The van der Waals surface area contributed by atoms with Gasteiger partial charge >= 0.3 is 6.03 Å². The van der Waals surface area contributed by atoms with Crippen molar-refractivity contribution >= 4 is 17.6 Å². The summed E-state index contributed by atoms with van der Waals surface area (Å²) in [6.45, 7) is 5.14. The highest BCUT2D eigenvalue weighted by Gasteiger charge is 2.40. The van der Waals surface area contributed by atoms with Crippen LogP contribution in [0.1, 0.15) is 44.3 Å². The first-order chi connectivity index (χ1) is 13.8. The molecule has 1 fully saturated rings. The Balaban J connectivity index is 1.45. The summed E-state index contributed by atoms with van der Waals surface area (Å²) in [5, 5.41) is 10.2. The summed E-state index contributed by atoms with van der Waals surface area (Å²) in [4.78, 5) is 31.3. The fraction of sp³-hybridized carbons (Fsp3) is 0.500. The molecule has 0 saturated carbocycles. The summed E-state index contributed by atoms with van der Waals surface area (Å²) in [5.41, 5.74) is -0.281. The number of nitrogens with zero attached hydrogens (tertiary/aromatic N) is 4. The topological polar surface area (TPSA) is 92.2 Å². The van der Waals surface area contributed by atoms with Gasteiger partial charge in [-0.15, -0.1) is 0 Å². The molecule has 0 aliphatic carbocycles. The minimum Gasteiger partial charge on any atom is -0.348 e. The Hall–Kier alpha value is -2.97. The van der Waals surface area contributed by atoms with E-state index in [0.29, 0.717) is 32.4 Å². The van der Waals surface area contributed by atoms with Crippen molar-refractivity contribution in [2.45, 2.75) is 51.1 Å². The van der Waals surface area contributed by atoms with Crippen molar-refractivity contribution in [3.63, 3.8) is 0 Å². The van der Waals surface area contributed by atoms with Gasteiger partial charge in [0.1, 0.15) is 18.2 Å². The molecular formula is C20H25FN6O2. The Morgan fingerprint density at radius 3 is 2.69 bits per heavy atom. The predicted octanol–water partition coefficient (Wildman–Crippen LogP) is 2.28. The Morgan fingerprint density at radius 1 is 1.28 bits per heavy atom. The number of piperidine rings is 1. The molecule has 3 heterocycles. The molecule has 8 nitrogen and oxygen atoms in total. The summed E-state index contributed by atoms with van der Waals surface area (Å²) in [5.74, 6) is 1.18. The fourth-order valence-corrected chi connectivity index (χ4v) is 3.91. The van der Waals surface area contributed by atoms with Crippen molar-refractivity contribution in [1.82, 2.24) is 25.0 Å². The van der Waals surface area contributed by atoms with Crippen molar-refractivity contribution in [3.8, 4) is 0 Å². The monoisotopic (exact) mass is 400 g/mol. The zero-order chi connectivity index (χ0) is 20.6. The van der Waals surface area contributed by atoms with Crippen LogP contribution in [0.4, 0.5) is 14.9 Å². The van der Waals surface area contributed by atoms with Gasteiger partial charge in [0.15, 0.2) is 5.82 Å². The predicted molar refractivity (Wildman–Crippen MR) is 105 cm³/mol. The summed E-state index contributed by atoms with van der Waals surface area (Å²) < 4.78 is 15.5. The molecule has 3 amide bonds. The smallest absolute Gasteiger partial charge is 0.321 e. The van der Waals surface area contributed by atoms with E-state index in [1.165, 1.54) is 12.1 Å². The van der Waals surface area contributed by atoms with Crippen molar-refractivity contribution in [3.05, 3.63) is 41.7 Å². The van der Waals surface area contributed by atoms with Crippen LogP contribution in [0, 0.1) is 5.82 Å². The van der Waals surface area contributed by atoms with E-state index in [0.717, 1.165) is 11.6 Å². The second-order valence-corrected chi connectivity index (χ2v) is 8.10. The van der Waals surface area contributed by atoms with Gasteiger partial charge in [-0.05, 0) is 25.0 Å². The molecule has 2 aliphatic rings. The van der Waals surface area contributed by atoms with E-state index in [9.17, 15) is 14.0 Å². The SMILES string of the molecule is CC(C)c1nc2n(n1)CC(=O)NC1(CCN(C(=O)Nc3ccccc3F)CC1)C2. The molecule has 1 aromatic heterocycles. The Bertz CT molecular complexity index is 933. The quantitative estimate of drug-likeness (QED) is 0.809. The summed E-state index contributed by atoms with van der Waals surface area (Å²) in [6, 6.07) is 5.75. The van der Waals surface area contributed by atoms with Gasteiger partial charge in [-0.2, -0.15) is 5.10 Å². The van der Waals surface area contributed by atoms with Gasteiger partial charge < -0.3 is 15.5 Å². The average Bonchev–Trinajstić information content (AvgIpc) is 3.01. The molecule has 4 rings (SSSR count). The van der Waals surface area contributed by atoms with Crippen LogP contribution in [-0.2, 0) is 17.8 Å². The number of carbonyl (C=O) groups is 2. The zero-order valence-electron chi connectivity index (χ0n) is 16.6. The van der Waals surface area contributed by atoms with Gasteiger partial charge in [0.05, 0.1) is 11.2 Å². The normalized spacial score (nSPS) is 18.3. The van der Waals surface area contributed by atoms with Crippen LogP contribution in [0.3, 0.4) is 0 Å². The molecule has 2 aliphatic heterocycles. The fourth-order valence-electron chi connectivity index (χ4n) is 3.91. The number of likely N-dealkylation sites (tertiary alicyclic amines) is 1. The van der Waals surface area contributed by atoms with Crippen LogP contribution in [-0.4, -0.2) is 50.2 Å². The van der Waals surface area contributed by atoms with Crippen molar-refractivity contribution in [2.24, 2.45) is 0 Å². The van der Waals surface area contributed by atoms with Crippen LogP contribution in [0.25, 0.3) is 0 Å². The number of anilines is 1. The summed E-state index contributed by atoms with van der Waals surface area (Å²) in [6.07, 6.45) is 1.79. The number of hydrogen-bond donors (Lipinski definition) is 2. The Kier molecular flexibility index (Phi) is 4.97. The lowest BCUT2D eigenvalue weighted by atomic mass is 9.84. The van der Waals surface area contributed by atoms with E-state index in [-0.39, 0.29) is 30.1 Å². The second-order valence-electron chi connectivity index (χ2n) is 8.10. The molecule has 9 heteroatoms. The molecule has 0 radical (unpaired) electrons. The van der Waals surface area contributed by atoms with E-state index >= 15 is 0 Å². The molecule has 0 unspecified atom stereocenters. The maximum Gasteiger partial charge on any atom is 0.321 e. The number of para-hydroxylation sites is 1. The lowest BCUT2D eigenvalue weighted by Crippen LogP contribution is -2.57. The number of nitrogens with one attached hydrogen (secondary N) is 2. The van der Waals surface area contributed by atoms with Gasteiger partial charge in [0.25, 0.3) is 0 Å². The molecular weight excluding hydrogens is 375 g/mol. The van der Waals surface area contributed by atoms with Crippen molar-refractivity contribution < 1.29 is 14.0 Å². The first-order valence-corrected chi connectivity index (χ1v) is 9.90. The first-order valence-electron chi connectivity index (χ1n) is 9.90. The molecule has 2 N–H and O–H groups in total. The largest absolute Gasteiger partial charge is 0.348 e. The zero-order valence-corrected chi connectivity index (χ0v) is 16.6. The minimum atomic E-state index is -0.467.